The lowest BCUT2D eigenvalue weighted by molar-refractivity contribution is 0.115. The second kappa shape index (κ2) is 8.64. The van der Waals surface area contributed by atoms with Crippen molar-refractivity contribution in [1.29, 1.82) is 0 Å². The maximum absolute atomic E-state index is 11.7. The number of ether oxygens (including phenoxy) is 1. The van der Waals surface area contributed by atoms with E-state index in [9.17, 15) is 9.90 Å². The molecule has 0 atom stereocenters. The molecule has 3 N–H and O–H groups in total. The first-order chi connectivity index (χ1) is 10.2. The second-order valence-electron chi connectivity index (χ2n) is 5.44. The third-order valence-corrected chi connectivity index (χ3v) is 3.68. The predicted molar refractivity (Wildman–Crippen MR) is 80.9 cm³/mol. The van der Waals surface area contributed by atoms with E-state index >= 15 is 0 Å². The lowest BCUT2D eigenvalue weighted by Gasteiger charge is -2.26. The van der Waals surface area contributed by atoms with Gasteiger partial charge in [-0.05, 0) is 31.2 Å². The van der Waals surface area contributed by atoms with Gasteiger partial charge in [-0.25, -0.2) is 4.79 Å². The molecular weight excluding hydrogens is 268 g/mol. The molecule has 0 aliphatic heterocycles. The summed E-state index contributed by atoms with van der Waals surface area (Å²) < 4.78 is 5.50. The normalized spacial score (nSPS) is 21.8. The van der Waals surface area contributed by atoms with Crippen molar-refractivity contribution in [1.82, 2.24) is 10.6 Å². The second-order valence-corrected chi connectivity index (χ2v) is 5.44. The van der Waals surface area contributed by atoms with E-state index < -0.39 is 0 Å². The van der Waals surface area contributed by atoms with Crippen molar-refractivity contribution < 1.29 is 14.6 Å². The van der Waals surface area contributed by atoms with Gasteiger partial charge in [-0.15, -0.1) is 0 Å². The topological polar surface area (TPSA) is 70.6 Å². The van der Waals surface area contributed by atoms with Crippen LogP contribution in [0.5, 0.6) is 0 Å². The zero-order chi connectivity index (χ0) is 14.9. The number of carbonyl (C=O) groups excluding carboxylic acids is 1. The van der Waals surface area contributed by atoms with Crippen molar-refractivity contribution in [3.05, 3.63) is 35.9 Å². The monoisotopic (exact) mass is 292 g/mol. The Balaban J connectivity index is 1.51. The standard InChI is InChI=1S/C16H24N2O3/c19-15-8-6-14(7-9-15)18-16(20)17-10-11-21-12-13-4-2-1-3-5-13/h1-5,14-15,19H,6-12H2,(H2,17,18,20). The molecule has 1 aliphatic carbocycles. The average molecular weight is 292 g/mol. The number of nitrogens with one attached hydrogen (secondary N) is 2. The average Bonchev–Trinajstić information content (AvgIpc) is 2.50. The van der Waals surface area contributed by atoms with E-state index in [2.05, 4.69) is 10.6 Å². The highest BCUT2D eigenvalue weighted by Gasteiger charge is 2.20. The Hall–Kier alpha value is -1.59. The van der Waals surface area contributed by atoms with Gasteiger partial charge in [0.1, 0.15) is 0 Å². The van der Waals surface area contributed by atoms with Gasteiger partial charge < -0.3 is 20.5 Å². The SMILES string of the molecule is O=C(NCCOCc1ccccc1)NC1CCC(O)CC1. The summed E-state index contributed by atoms with van der Waals surface area (Å²) in [6.07, 6.45) is 3.03. The van der Waals surface area contributed by atoms with Gasteiger partial charge >= 0.3 is 6.03 Å². The maximum atomic E-state index is 11.7. The van der Waals surface area contributed by atoms with Gasteiger partial charge in [-0.3, -0.25) is 0 Å². The van der Waals surface area contributed by atoms with Crippen LogP contribution in [0.25, 0.3) is 0 Å². The van der Waals surface area contributed by atoms with Gasteiger partial charge in [0.15, 0.2) is 0 Å². The van der Waals surface area contributed by atoms with Crippen molar-refractivity contribution in [3.63, 3.8) is 0 Å². The third-order valence-electron chi connectivity index (χ3n) is 3.68. The van der Waals surface area contributed by atoms with Crippen LogP contribution >= 0.6 is 0 Å². The Bertz CT molecular complexity index is 417. The summed E-state index contributed by atoms with van der Waals surface area (Å²) in [7, 11) is 0. The Labute approximate surface area is 125 Å². The number of hydrogen-bond acceptors (Lipinski definition) is 3. The summed E-state index contributed by atoms with van der Waals surface area (Å²) >= 11 is 0. The third kappa shape index (κ3) is 6.14. The summed E-state index contributed by atoms with van der Waals surface area (Å²) in [5, 5.41) is 15.1. The Morgan fingerprint density at radius 1 is 1.19 bits per heavy atom. The molecule has 1 fully saturated rings. The van der Waals surface area contributed by atoms with Crippen molar-refractivity contribution in [2.75, 3.05) is 13.2 Å². The number of aliphatic hydroxyl groups excluding tert-OH is 1. The number of aliphatic hydroxyl groups is 1. The van der Waals surface area contributed by atoms with E-state index in [0.717, 1.165) is 31.2 Å². The van der Waals surface area contributed by atoms with Crippen LogP contribution in [0.15, 0.2) is 30.3 Å². The van der Waals surface area contributed by atoms with E-state index in [1.54, 1.807) is 0 Å². The minimum absolute atomic E-state index is 0.153. The molecule has 116 valence electrons. The lowest BCUT2D eigenvalue weighted by Crippen LogP contribution is -2.44. The van der Waals surface area contributed by atoms with E-state index in [1.165, 1.54) is 0 Å². The van der Waals surface area contributed by atoms with Crippen molar-refractivity contribution in [2.45, 2.75) is 44.4 Å². The highest BCUT2D eigenvalue weighted by Crippen LogP contribution is 2.17. The Morgan fingerprint density at radius 3 is 2.62 bits per heavy atom. The molecule has 5 nitrogen and oxygen atoms in total. The first kappa shape index (κ1) is 15.8. The van der Waals surface area contributed by atoms with Crippen LogP contribution < -0.4 is 10.6 Å². The van der Waals surface area contributed by atoms with Crippen LogP contribution in [-0.2, 0) is 11.3 Å². The van der Waals surface area contributed by atoms with Gasteiger partial charge in [0.05, 0.1) is 19.3 Å². The minimum atomic E-state index is -0.197. The highest BCUT2D eigenvalue weighted by molar-refractivity contribution is 5.74. The number of urea groups is 1. The molecule has 2 amide bonds. The zero-order valence-electron chi connectivity index (χ0n) is 12.3. The van der Waals surface area contributed by atoms with E-state index in [-0.39, 0.29) is 18.2 Å². The van der Waals surface area contributed by atoms with Crippen molar-refractivity contribution in [3.8, 4) is 0 Å². The molecule has 0 unspecified atom stereocenters. The molecule has 0 aromatic heterocycles. The van der Waals surface area contributed by atoms with Gasteiger partial charge in [0, 0.05) is 12.6 Å². The van der Waals surface area contributed by atoms with E-state index in [1.807, 2.05) is 30.3 Å². The fourth-order valence-electron chi connectivity index (χ4n) is 2.46. The lowest BCUT2D eigenvalue weighted by atomic mass is 9.93. The van der Waals surface area contributed by atoms with Crippen molar-refractivity contribution >= 4 is 6.03 Å². The minimum Gasteiger partial charge on any atom is -0.393 e. The van der Waals surface area contributed by atoms with Crippen LogP contribution in [0.1, 0.15) is 31.2 Å². The summed E-state index contributed by atoms with van der Waals surface area (Å²) in [6.45, 7) is 1.55. The number of rotatable bonds is 6. The van der Waals surface area contributed by atoms with Crippen LogP contribution in [0, 0.1) is 0 Å². The van der Waals surface area contributed by atoms with Crippen LogP contribution in [0.2, 0.25) is 0 Å². The highest BCUT2D eigenvalue weighted by atomic mass is 16.5. The van der Waals surface area contributed by atoms with Crippen LogP contribution in [0.3, 0.4) is 0 Å². The summed E-state index contributed by atoms with van der Waals surface area (Å²) in [5.74, 6) is 0. The molecule has 0 radical (unpaired) electrons. The molecule has 1 aromatic rings. The molecule has 1 aliphatic rings. The molecule has 0 heterocycles. The van der Waals surface area contributed by atoms with Gasteiger partial charge in [0.25, 0.3) is 0 Å². The largest absolute Gasteiger partial charge is 0.393 e. The number of amides is 2. The maximum Gasteiger partial charge on any atom is 0.315 e. The molecule has 1 aromatic carbocycles. The number of hydrogen-bond donors (Lipinski definition) is 3. The first-order valence-electron chi connectivity index (χ1n) is 7.58. The zero-order valence-corrected chi connectivity index (χ0v) is 12.3. The molecular formula is C16H24N2O3. The van der Waals surface area contributed by atoms with E-state index in [0.29, 0.717) is 19.8 Å². The quantitative estimate of drug-likeness (QED) is 0.700. The molecule has 0 spiro atoms. The Kier molecular flexibility index (Phi) is 6.50. The fraction of sp³-hybridized carbons (Fsp3) is 0.562. The molecule has 1 saturated carbocycles. The molecule has 21 heavy (non-hydrogen) atoms. The molecule has 2 rings (SSSR count). The Morgan fingerprint density at radius 2 is 1.90 bits per heavy atom. The first-order valence-corrected chi connectivity index (χ1v) is 7.58. The molecule has 0 saturated heterocycles. The number of benzene rings is 1. The van der Waals surface area contributed by atoms with Crippen LogP contribution in [0.4, 0.5) is 4.79 Å². The van der Waals surface area contributed by atoms with Gasteiger partial charge in [0.2, 0.25) is 0 Å². The summed E-state index contributed by atoms with van der Waals surface area (Å²) in [6, 6.07) is 9.98. The summed E-state index contributed by atoms with van der Waals surface area (Å²) in [5.41, 5.74) is 1.13. The predicted octanol–water partition coefficient (Wildman–Crippen LogP) is 1.81. The van der Waals surface area contributed by atoms with Gasteiger partial charge in [-0.2, -0.15) is 0 Å². The summed E-state index contributed by atoms with van der Waals surface area (Å²) in [4.78, 5) is 11.7. The van der Waals surface area contributed by atoms with Crippen LogP contribution in [-0.4, -0.2) is 36.4 Å². The van der Waals surface area contributed by atoms with Crippen molar-refractivity contribution in [2.24, 2.45) is 0 Å². The molecule has 5 heteroatoms. The van der Waals surface area contributed by atoms with E-state index in [4.69, 9.17) is 4.74 Å². The smallest absolute Gasteiger partial charge is 0.315 e. The molecule has 0 bridgehead atoms. The fourth-order valence-corrected chi connectivity index (χ4v) is 2.46. The number of carbonyl (C=O) groups is 1. The van der Waals surface area contributed by atoms with Gasteiger partial charge in [-0.1, -0.05) is 30.3 Å².